The highest BCUT2D eigenvalue weighted by Crippen LogP contribution is 2.26. The fourth-order valence-corrected chi connectivity index (χ4v) is 1.88. The van der Waals surface area contributed by atoms with E-state index < -0.39 is 0 Å². The third kappa shape index (κ3) is 5.53. The number of rotatable bonds is 9. The summed E-state index contributed by atoms with van der Waals surface area (Å²) in [7, 11) is 0. The van der Waals surface area contributed by atoms with Gasteiger partial charge in [0, 0.05) is 25.2 Å². The van der Waals surface area contributed by atoms with Gasteiger partial charge in [-0.3, -0.25) is 4.90 Å². The standard InChI is InChI=1S/C13H28N2/c1-4-6-10-15(13-7-8-13)11-9-14-12(3)5-2/h12-14H,4-11H2,1-3H3. The minimum absolute atomic E-state index is 0.678. The first kappa shape index (κ1) is 13.0. The van der Waals surface area contributed by atoms with Gasteiger partial charge in [-0.05, 0) is 39.2 Å². The highest BCUT2D eigenvalue weighted by Gasteiger charge is 2.27. The van der Waals surface area contributed by atoms with Crippen LogP contribution in [0.3, 0.4) is 0 Å². The molecular formula is C13H28N2. The molecule has 0 aromatic carbocycles. The van der Waals surface area contributed by atoms with Crippen LogP contribution in [0.15, 0.2) is 0 Å². The molecule has 15 heavy (non-hydrogen) atoms. The summed E-state index contributed by atoms with van der Waals surface area (Å²) in [4.78, 5) is 2.68. The van der Waals surface area contributed by atoms with Gasteiger partial charge in [0.15, 0.2) is 0 Å². The molecule has 2 nitrogen and oxygen atoms in total. The van der Waals surface area contributed by atoms with E-state index in [1.807, 2.05) is 0 Å². The molecular weight excluding hydrogens is 184 g/mol. The van der Waals surface area contributed by atoms with Crippen LogP contribution in [0.5, 0.6) is 0 Å². The number of unbranched alkanes of at least 4 members (excludes halogenated alkanes) is 1. The number of nitrogens with one attached hydrogen (secondary N) is 1. The lowest BCUT2D eigenvalue weighted by molar-refractivity contribution is 0.255. The minimum Gasteiger partial charge on any atom is -0.313 e. The van der Waals surface area contributed by atoms with Gasteiger partial charge in [-0.15, -0.1) is 0 Å². The highest BCUT2D eigenvalue weighted by molar-refractivity contribution is 4.84. The predicted molar refractivity (Wildman–Crippen MR) is 67.3 cm³/mol. The average molecular weight is 212 g/mol. The van der Waals surface area contributed by atoms with Crippen LogP contribution >= 0.6 is 0 Å². The minimum atomic E-state index is 0.678. The first-order valence-corrected chi connectivity index (χ1v) is 6.75. The van der Waals surface area contributed by atoms with Crippen LogP contribution < -0.4 is 5.32 Å². The highest BCUT2D eigenvalue weighted by atomic mass is 15.2. The maximum Gasteiger partial charge on any atom is 0.0110 e. The molecule has 1 saturated carbocycles. The molecule has 0 amide bonds. The Bertz CT molecular complexity index is 155. The smallest absolute Gasteiger partial charge is 0.0110 e. The molecule has 0 aromatic rings. The van der Waals surface area contributed by atoms with Crippen molar-refractivity contribution in [3.05, 3.63) is 0 Å². The van der Waals surface area contributed by atoms with Gasteiger partial charge in [0.05, 0.1) is 0 Å². The molecule has 1 aliphatic carbocycles. The van der Waals surface area contributed by atoms with Crippen molar-refractivity contribution >= 4 is 0 Å². The fourth-order valence-electron chi connectivity index (χ4n) is 1.88. The molecule has 0 spiro atoms. The molecule has 2 heteroatoms. The molecule has 1 rings (SSSR count). The first-order chi connectivity index (χ1) is 7.27. The lowest BCUT2D eigenvalue weighted by Gasteiger charge is -2.23. The fraction of sp³-hybridized carbons (Fsp3) is 1.00. The van der Waals surface area contributed by atoms with Crippen molar-refractivity contribution in [3.63, 3.8) is 0 Å². The van der Waals surface area contributed by atoms with E-state index in [1.54, 1.807) is 0 Å². The van der Waals surface area contributed by atoms with E-state index in [9.17, 15) is 0 Å². The molecule has 1 atom stereocenters. The normalized spacial score (nSPS) is 18.4. The van der Waals surface area contributed by atoms with Crippen molar-refractivity contribution in [2.75, 3.05) is 19.6 Å². The van der Waals surface area contributed by atoms with Crippen molar-refractivity contribution in [3.8, 4) is 0 Å². The predicted octanol–water partition coefficient (Wildman–Crippen LogP) is 2.64. The molecule has 90 valence electrons. The number of hydrogen-bond donors (Lipinski definition) is 1. The van der Waals surface area contributed by atoms with Gasteiger partial charge in [0.2, 0.25) is 0 Å². The second-order valence-corrected chi connectivity index (χ2v) is 4.88. The van der Waals surface area contributed by atoms with Crippen molar-refractivity contribution in [1.82, 2.24) is 10.2 Å². The summed E-state index contributed by atoms with van der Waals surface area (Å²) >= 11 is 0. The van der Waals surface area contributed by atoms with E-state index >= 15 is 0 Å². The molecule has 1 aliphatic rings. The Labute approximate surface area is 95.4 Å². The zero-order valence-corrected chi connectivity index (χ0v) is 10.8. The first-order valence-electron chi connectivity index (χ1n) is 6.75. The van der Waals surface area contributed by atoms with E-state index in [0.717, 1.165) is 12.6 Å². The molecule has 0 radical (unpaired) electrons. The Kier molecular flexibility index (Phi) is 6.26. The molecule has 0 aliphatic heterocycles. The van der Waals surface area contributed by atoms with Crippen molar-refractivity contribution in [2.45, 2.75) is 65.0 Å². The molecule has 1 unspecified atom stereocenters. The quantitative estimate of drug-likeness (QED) is 0.632. The third-order valence-corrected chi connectivity index (χ3v) is 3.37. The summed E-state index contributed by atoms with van der Waals surface area (Å²) in [6, 6.07) is 1.60. The van der Waals surface area contributed by atoms with Crippen molar-refractivity contribution in [1.29, 1.82) is 0 Å². The van der Waals surface area contributed by atoms with Crippen LogP contribution in [0.25, 0.3) is 0 Å². The summed E-state index contributed by atoms with van der Waals surface area (Å²) in [5, 5.41) is 3.58. The summed E-state index contributed by atoms with van der Waals surface area (Å²) in [5.74, 6) is 0. The maximum absolute atomic E-state index is 3.58. The van der Waals surface area contributed by atoms with Gasteiger partial charge >= 0.3 is 0 Å². The van der Waals surface area contributed by atoms with E-state index in [2.05, 4.69) is 31.0 Å². The van der Waals surface area contributed by atoms with Crippen LogP contribution in [0.1, 0.15) is 52.9 Å². The Morgan fingerprint density at radius 3 is 2.53 bits per heavy atom. The van der Waals surface area contributed by atoms with Gasteiger partial charge in [-0.25, -0.2) is 0 Å². The SMILES string of the molecule is CCCCN(CCNC(C)CC)C1CC1. The maximum atomic E-state index is 3.58. The zero-order valence-electron chi connectivity index (χ0n) is 10.8. The summed E-state index contributed by atoms with van der Waals surface area (Å²) < 4.78 is 0. The Hall–Kier alpha value is -0.0800. The van der Waals surface area contributed by atoms with Gasteiger partial charge in [-0.2, -0.15) is 0 Å². The van der Waals surface area contributed by atoms with Gasteiger partial charge in [0.1, 0.15) is 0 Å². The van der Waals surface area contributed by atoms with Gasteiger partial charge < -0.3 is 5.32 Å². The lowest BCUT2D eigenvalue weighted by Crippen LogP contribution is -2.37. The molecule has 0 aromatic heterocycles. The molecule has 0 bridgehead atoms. The third-order valence-electron chi connectivity index (χ3n) is 3.37. The molecule has 1 N–H and O–H groups in total. The second kappa shape index (κ2) is 7.24. The summed E-state index contributed by atoms with van der Waals surface area (Å²) in [5.41, 5.74) is 0. The topological polar surface area (TPSA) is 15.3 Å². The van der Waals surface area contributed by atoms with Crippen LogP contribution in [0.2, 0.25) is 0 Å². The lowest BCUT2D eigenvalue weighted by atomic mass is 10.2. The number of hydrogen-bond acceptors (Lipinski definition) is 2. The molecule has 0 heterocycles. The van der Waals surface area contributed by atoms with Crippen molar-refractivity contribution < 1.29 is 0 Å². The largest absolute Gasteiger partial charge is 0.313 e. The van der Waals surface area contributed by atoms with E-state index in [4.69, 9.17) is 0 Å². The monoisotopic (exact) mass is 212 g/mol. The zero-order chi connectivity index (χ0) is 11.1. The van der Waals surface area contributed by atoms with Gasteiger partial charge in [0.25, 0.3) is 0 Å². The van der Waals surface area contributed by atoms with Crippen molar-refractivity contribution in [2.24, 2.45) is 0 Å². The van der Waals surface area contributed by atoms with Crippen LogP contribution in [-0.2, 0) is 0 Å². The Balaban J connectivity index is 2.08. The summed E-state index contributed by atoms with van der Waals surface area (Å²) in [6.45, 7) is 10.5. The van der Waals surface area contributed by atoms with Gasteiger partial charge in [-0.1, -0.05) is 20.3 Å². The van der Waals surface area contributed by atoms with Crippen LogP contribution in [-0.4, -0.2) is 36.6 Å². The van der Waals surface area contributed by atoms with E-state index in [1.165, 1.54) is 45.2 Å². The van der Waals surface area contributed by atoms with E-state index in [-0.39, 0.29) is 0 Å². The Morgan fingerprint density at radius 2 is 2.00 bits per heavy atom. The van der Waals surface area contributed by atoms with Crippen LogP contribution in [0, 0.1) is 0 Å². The number of nitrogens with zero attached hydrogens (tertiary/aromatic N) is 1. The average Bonchev–Trinajstić information content (AvgIpc) is 3.06. The second-order valence-electron chi connectivity index (χ2n) is 4.88. The van der Waals surface area contributed by atoms with Crippen LogP contribution in [0.4, 0.5) is 0 Å². The molecule has 1 fully saturated rings. The van der Waals surface area contributed by atoms with E-state index in [0.29, 0.717) is 6.04 Å². The Morgan fingerprint density at radius 1 is 1.27 bits per heavy atom. The molecule has 0 saturated heterocycles. The summed E-state index contributed by atoms with van der Waals surface area (Å²) in [6.07, 6.45) is 6.79.